The van der Waals surface area contributed by atoms with Gasteiger partial charge in [-0.3, -0.25) is 4.79 Å². The molecule has 0 aliphatic carbocycles. The summed E-state index contributed by atoms with van der Waals surface area (Å²) in [6.07, 6.45) is 2.35. The Morgan fingerprint density at radius 2 is 2.25 bits per heavy atom. The van der Waals surface area contributed by atoms with Gasteiger partial charge in [0.05, 0.1) is 5.92 Å². The molecule has 1 unspecified atom stereocenters. The van der Waals surface area contributed by atoms with Crippen LogP contribution in [0, 0.1) is 5.92 Å². The molecule has 4 nitrogen and oxygen atoms in total. The van der Waals surface area contributed by atoms with Gasteiger partial charge in [-0.05, 0) is 37.1 Å². The number of carboxylic acid groups (broad SMARTS) is 1. The standard InChI is InChI=1S/C16H24N2O2/c1-12(16(19)20)10-17(2)11-13-6-7-15-14(9-13)5-4-8-18(15)3/h6-7,9,12H,4-5,8,10-11H2,1-3H3,(H,19,20). The number of rotatable bonds is 5. The Hall–Kier alpha value is -1.55. The molecule has 0 saturated heterocycles. The molecule has 110 valence electrons. The van der Waals surface area contributed by atoms with Crippen LogP contribution in [0.3, 0.4) is 0 Å². The van der Waals surface area contributed by atoms with Gasteiger partial charge in [-0.1, -0.05) is 19.1 Å². The summed E-state index contributed by atoms with van der Waals surface area (Å²) in [6, 6.07) is 6.62. The minimum absolute atomic E-state index is 0.330. The van der Waals surface area contributed by atoms with Crippen molar-refractivity contribution in [2.75, 3.05) is 32.1 Å². The van der Waals surface area contributed by atoms with Crippen LogP contribution in [0.1, 0.15) is 24.5 Å². The summed E-state index contributed by atoms with van der Waals surface area (Å²) in [7, 11) is 4.11. The van der Waals surface area contributed by atoms with Gasteiger partial charge < -0.3 is 14.9 Å². The molecule has 1 aromatic carbocycles. The molecule has 1 atom stereocenters. The van der Waals surface area contributed by atoms with Crippen LogP contribution in [0.2, 0.25) is 0 Å². The predicted molar refractivity (Wildman–Crippen MR) is 81.2 cm³/mol. The zero-order chi connectivity index (χ0) is 14.7. The average Bonchev–Trinajstić information content (AvgIpc) is 2.38. The van der Waals surface area contributed by atoms with E-state index in [9.17, 15) is 4.79 Å². The van der Waals surface area contributed by atoms with Crippen LogP contribution in [0.25, 0.3) is 0 Å². The lowest BCUT2D eigenvalue weighted by Gasteiger charge is -2.28. The summed E-state index contributed by atoms with van der Waals surface area (Å²) in [6.45, 7) is 4.25. The first-order chi connectivity index (χ1) is 9.47. The monoisotopic (exact) mass is 276 g/mol. The molecule has 4 heteroatoms. The minimum atomic E-state index is -0.732. The minimum Gasteiger partial charge on any atom is -0.481 e. The highest BCUT2D eigenvalue weighted by molar-refractivity contribution is 5.69. The number of hydrogen-bond acceptors (Lipinski definition) is 3. The third-order valence-electron chi connectivity index (χ3n) is 3.95. The summed E-state index contributed by atoms with van der Waals surface area (Å²) in [5.74, 6) is -1.06. The number of nitrogens with zero attached hydrogens (tertiary/aromatic N) is 2. The summed E-state index contributed by atoms with van der Waals surface area (Å²) in [4.78, 5) is 15.3. The van der Waals surface area contributed by atoms with Crippen LogP contribution in [0.15, 0.2) is 18.2 Å². The van der Waals surface area contributed by atoms with Crippen molar-refractivity contribution >= 4 is 11.7 Å². The molecule has 1 heterocycles. The highest BCUT2D eigenvalue weighted by atomic mass is 16.4. The molecule has 2 rings (SSSR count). The topological polar surface area (TPSA) is 43.8 Å². The first-order valence-electron chi connectivity index (χ1n) is 7.21. The fraction of sp³-hybridized carbons (Fsp3) is 0.562. The highest BCUT2D eigenvalue weighted by Crippen LogP contribution is 2.27. The van der Waals surface area contributed by atoms with E-state index in [1.54, 1.807) is 6.92 Å². The zero-order valence-corrected chi connectivity index (χ0v) is 12.6. The zero-order valence-electron chi connectivity index (χ0n) is 12.6. The summed E-state index contributed by atoms with van der Waals surface area (Å²) in [5.41, 5.74) is 4.01. The Morgan fingerprint density at radius 1 is 1.50 bits per heavy atom. The van der Waals surface area contributed by atoms with Gasteiger partial charge in [-0.15, -0.1) is 0 Å². The lowest BCUT2D eigenvalue weighted by Crippen LogP contribution is -2.28. The number of aryl methyl sites for hydroxylation is 1. The lowest BCUT2D eigenvalue weighted by molar-refractivity contribution is -0.141. The van der Waals surface area contributed by atoms with E-state index in [4.69, 9.17) is 5.11 Å². The number of aliphatic carboxylic acids is 1. The van der Waals surface area contributed by atoms with Crippen LogP contribution in [0.4, 0.5) is 5.69 Å². The average molecular weight is 276 g/mol. The Labute approximate surface area is 121 Å². The van der Waals surface area contributed by atoms with E-state index in [2.05, 4.69) is 35.0 Å². The van der Waals surface area contributed by atoms with E-state index in [1.807, 2.05) is 7.05 Å². The molecule has 0 radical (unpaired) electrons. The third kappa shape index (κ3) is 3.51. The highest BCUT2D eigenvalue weighted by Gasteiger charge is 2.16. The van der Waals surface area contributed by atoms with E-state index in [0.29, 0.717) is 6.54 Å². The Bertz CT molecular complexity index is 487. The number of carbonyl (C=O) groups is 1. The van der Waals surface area contributed by atoms with E-state index in [0.717, 1.165) is 19.5 Å². The maximum atomic E-state index is 10.9. The summed E-state index contributed by atoms with van der Waals surface area (Å²) < 4.78 is 0. The molecule has 1 aliphatic heterocycles. The van der Waals surface area contributed by atoms with Crippen molar-refractivity contribution in [1.29, 1.82) is 0 Å². The van der Waals surface area contributed by atoms with Crippen molar-refractivity contribution in [3.8, 4) is 0 Å². The molecule has 0 spiro atoms. The second-order valence-corrected chi connectivity index (χ2v) is 5.92. The van der Waals surface area contributed by atoms with Crippen molar-refractivity contribution in [2.24, 2.45) is 5.92 Å². The second-order valence-electron chi connectivity index (χ2n) is 5.92. The second kappa shape index (κ2) is 6.27. The molecule has 20 heavy (non-hydrogen) atoms. The van der Waals surface area contributed by atoms with Crippen molar-refractivity contribution in [1.82, 2.24) is 4.90 Å². The van der Waals surface area contributed by atoms with Crippen LogP contribution in [-0.2, 0) is 17.8 Å². The fourth-order valence-electron chi connectivity index (χ4n) is 2.86. The van der Waals surface area contributed by atoms with Gasteiger partial charge >= 0.3 is 5.97 Å². The number of hydrogen-bond donors (Lipinski definition) is 1. The van der Waals surface area contributed by atoms with Crippen LogP contribution in [-0.4, -0.2) is 43.2 Å². The first kappa shape index (κ1) is 14.9. The molecular weight excluding hydrogens is 252 g/mol. The molecule has 1 N–H and O–H groups in total. The van der Waals surface area contributed by atoms with Crippen molar-refractivity contribution < 1.29 is 9.90 Å². The molecule has 1 aliphatic rings. The molecule has 0 saturated carbocycles. The predicted octanol–water partition coefficient (Wildman–Crippen LogP) is 2.22. The smallest absolute Gasteiger partial charge is 0.307 e. The molecule has 0 amide bonds. The van der Waals surface area contributed by atoms with Crippen LogP contribution in [0.5, 0.6) is 0 Å². The van der Waals surface area contributed by atoms with Crippen LogP contribution >= 0.6 is 0 Å². The van der Waals surface area contributed by atoms with Crippen molar-refractivity contribution in [2.45, 2.75) is 26.3 Å². The number of anilines is 1. The fourth-order valence-corrected chi connectivity index (χ4v) is 2.86. The normalized spacial score (nSPS) is 16.1. The Kier molecular flexibility index (Phi) is 4.65. The maximum absolute atomic E-state index is 10.9. The molecule has 0 bridgehead atoms. The van der Waals surface area contributed by atoms with Gasteiger partial charge in [0, 0.05) is 32.4 Å². The van der Waals surface area contributed by atoms with Crippen LogP contribution < -0.4 is 4.90 Å². The van der Waals surface area contributed by atoms with E-state index < -0.39 is 5.97 Å². The first-order valence-corrected chi connectivity index (χ1v) is 7.21. The van der Waals surface area contributed by atoms with Gasteiger partial charge in [0.2, 0.25) is 0 Å². The van der Waals surface area contributed by atoms with Gasteiger partial charge in [-0.2, -0.15) is 0 Å². The van der Waals surface area contributed by atoms with Gasteiger partial charge in [0.1, 0.15) is 0 Å². The molecule has 1 aromatic rings. The van der Waals surface area contributed by atoms with E-state index in [1.165, 1.54) is 23.2 Å². The quantitative estimate of drug-likeness (QED) is 0.895. The van der Waals surface area contributed by atoms with Gasteiger partial charge in [0.25, 0.3) is 0 Å². The SMILES string of the molecule is CC(CN(C)Cc1ccc2c(c1)CCCN2C)C(=O)O. The summed E-state index contributed by atoms with van der Waals surface area (Å²) >= 11 is 0. The third-order valence-corrected chi connectivity index (χ3v) is 3.95. The van der Waals surface area contributed by atoms with Gasteiger partial charge in [-0.25, -0.2) is 0 Å². The summed E-state index contributed by atoms with van der Waals surface area (Å²) in [5, 5.41) is 8.95. The van der Waals surface area contributed by atoms with Gasteiger partial charge in [0.15, 0.2) is 0 Å². The van der Waals surface area contributed by atoms with E-state index in [-0.39, 0.29) is 5.92 Å². The van der Waals surface area contributed by atoms with Crippen molar-refractivity contribution in [3.63, 3.8) is 0 Å². The molecule has 0 aromatic heterocycles. The number of fused-ring (bicyclic) bond motifs is 1. The Morgan fingerprint density at radius 3 is 2.95 bits per heavy atom. The van der Waals surface area contributed by atoms with E-state index >= 15 is 0 Å². The van der Waals surface area contributed by atoms with Crippen molar-refractivity contribution in [3.05, 3.63) is 29.3 Å². The molecule has 0 fully saturated rings. The largest absolute Gasteiger partial charge is 0.481 e. The lowest BCUT2D eigenvalue weighted by atomic mass is 9.99. The number of carboxylic acids is 1. The number of benzene rings is 1. The Balaban J connectivity index is 2.01. The maximum Gasteiger partial charge on any atom is 0.307 e. The molecular formula is C16H24N2O2.